The van der Waals surface area contributed by atoms with Gasteiger partial charge in [-0.2, -0.15) is 4.98 Å². The van der Waals surface area contributed by atoms with E-state index < -0.39 is 5.69 Å². The Hall–Kier alpha value is -2.09. The molecule has 0 saturated carbocycles. The number of H-pyrrole nitrogens is 1. The van der Waals surface area contributed by atoms with Crippen LogP contribution >= 0.6 is 0 Å². The average molecular weight is 293 g/mol. The lowest BCUT2D eigenvalue weighted by atomic mass is 10.1. The van der Waals surface area contributed by atoms with Crippen molar-refractivity contribution >= 4 is 17.1 Å². The van der Waals surface area contributed by atoms with E-state index in [9.17, 15) is 9.59 Å². The summed E-state index contributed by atoms with van der Waals surface area (Å²) < 4.78 is 8.04. The summed E-state index contributed by atoms with van der Waals surface area (Å²) in [4.78, 5) is 31.2. The molecule has 2 atom stereocenters. The van der Waals surface area contributed by atoms with E-state index in [4.69, 9.17) is 4.74 Å². The minimum atomic E-state index is -0.391. The molecule has 2 unspecified atom stereocenters. The van der Waals surface area contributed by atoms with Gasteiger partial charge in [0.25, 0.3) is 5.56 Å². The molecule has 3 rings (SSSR count). The van der Waals surface area contributed by atoms with E-state index in [0.717, 1.165) is 24.0 Å². The Morgan fingerprint density at radius 1 is 1.38 bits per heavy atom. The number of rotatable bonds is 3. The first-order chi connectivity index (χ1) is 9.99. The summed E-state index contributed by atoms with van der Waals surface area (Å²) in [7, 11) is 3.05. The molecule has 0 amide bonds. The zero-order chi connectivity index (χ0) is 15.1. The number of hydrogen-bond donors (Lipinski definition) is 2. The molecule has 8 heteroatoms. The van der Waals surface area contributed by atoms with Gasteiger partial charge >= 0.3 is 5.69 Å². The number of nitrogens with one attached hydrogen (secondary N) is 2. The van der Waals surface area contributed by atoms with Crippen LogP contribution in [0.5, 0.6) is 0 Å². The van der Waals surface area contributed by atoms with Crippen molar-refractivity contribution < 1.29 is 4.74 Å². The minimum Gasteiger partial charge on any atom is -0.376 e. The van der Waals surface area contributed by atoms with E-state index in [2.05, 4.69) is 15.3 Å². The van der Waals surface area contributed by atoms with E-state index in [1.54, 1.807) is 7.05 Å². The maximum atomic E-state index is 12.1. The van der Waals surface area contributed by atoms with Gasteiger partial charge in [-0.3, -0.25) is 13.9 Å². The molecule has 8 nitrogen and oxygen atoms in total. The van der Waals surface area contributed by atoms with Gasteiger partial charge < -0.3 is 15.0 Å². The summed E-state index contributed by atoms with van der Waals surface area (Å²) in [5.41, 5.74) is -0.0945. The highest BCUT2D eigenvalue weighted by Crippen LogP contribution is 2.18. The van der Waals surface area contributed by atoms with E-state index in [0.29, 0.717) is 17.1 Å². The Morgan fingerprint density at radius 2 is 2.14 bits per heavy atom. The number of fused-ring (bicyclic) bond motifs is 1. The largest absolute Gasteiger partial charge is 0.376 e. The highest BCUT2D eigenvalue weighted by molar-refractivity contribution is 5.72. The maximum absolute atomic E-state index is 12.1. The second-order valence-electron chi connectivity index (χ2n) is 5.47. The Labute approximate surface area is 120 Å². The van der Waals surface area contributed by atoms with Gasteiger partial charge in [0.15, 0.2) is 11.2 Å². The lowest BCUT2D eigenvalue weighted by Gasteiger charge is -2.19. The maximum Gasteiger partial charge on any atom is 0.332 e. The summed E-state index contributed by atoms with van der Waals surface area (Å²) in [5, 5.41) is 3.21. The Morgan fingerprint density at radius 3 is 2.81 bits per heavy atom. The fourth-order valence-electron chi connectivity index (χ4n) is 2.70. The topological polar surface area (TPSA) is 93.9 Å². The number of aromatic amines is 1. The van der Waals surface area contributed by atoms with Crippen molar-refractivity contribution in [3.8, 4) is 0 Å². The number of ether oxygens (including phenoxy) is 1. The van der Waals surface area contributed by atoms with Crippen LogP contribution in [-0.2, 0) is 18.8 Å². The molecule has 2 aromatic heterocycles. The number of anilines is 1. The smallest absolute Gasteiger partial charge is 0.332 e. The molecule has 2 N–H and O–H groups in total. The summed E-state index contributed by atoms with van der Waals surface area (Å²) in [6.07, 6.45) is 2.21. The van der Waals surface area contributed by atoms with Crippen LogP contribution in [0.15, 0.2) is 9.59 Å². The number of aromatic nitrogens is 4. The van der Waals surface area contributed by atoms with Crippen LogP contribution in [0.4, 0.5) is 5.95 Å². The quantitative estimate of drug-likeness (QED) is 0.827. The first kappa shape index (κ1) is 13.9. The van der Waals surface area contributed by atoms with Crippen molar-refractivity contribution in [1.82, 2.24) is 19.1 Å². The number of imidazole rings is 1. The summed E-state index contributed by atoms with van der Waals surface area (Å²) >= 11 is 0. The molecule has 114 valence electrons. The second-order valence-corrected chi connectivity index (χ2v) is 5.47. The normalized spacial score (nSPS) is 20.0. The van der Waals surface area contributed by atoms with Crippen LogP contribution in [0.1, 0.15) is 19.8 Å². The van der Waals surface area contributed by atoms with Crippen LogP contribution < -0.4 is 16.6 Å². The Kier molecular flexibility index (Phi) is 3.32. The van der Waals surface area contributed by atoms with E-state index in [-0.39, 0.29) is 17.7 Å². The van der Waals surface area contributed by atoms with Crippen LogP contribution in [0.25, 0.3) is 11.2 Å². The lowest BCUT2D eigenvalue weighted by molar-refractivity contribution is 0.0995. The zero-order valence-electron chi connectivity index (χ0n) is 12.3. The van der Waals surface area contributed by atoms with Crippen molar-refractivity contribution in [3.63, 3.8) is 0 Å². The van der Waals surface area contributed by atoms with Gasteiger partial charge in [0.1, 0.15) is 0 Å². The molecular weight excluding hydrogens is 274 g/mol. The van der Waals surface area contributed by atoms with Gasteiger partial charge in [-0.25, -0.2) is 4.79 Å². The number of aryl methyl sites for hydroxylation is 1. The second kappa shape index (κ2) is 5.03. The van der Waals surface area contributed by atoms with Gasteiger partial charge in [0, 0.05) is 20.7 Å². The first-order valence-corrected chi connectivity index (χ1v) is 7.03. The SMILES string of the molecule is CC(Nc1nc2c([nH]1)c(=O)n(C)c(=O)n2C)C1CCCO1. The molecule has 21 heavy (non-hydrogen) atoms. The predicted molar refractivity (Wildman–Crippen MR) is 78.6 cm³/mol. The molecule has 0 aromatic carbocycles. The monoisotopic (exact) mass is 293 g/mol. The van der Waals surface area contributed by atoms with Crippen LogP contribution in [0.2, 0.25) is 0 Å². The minimum absolute atomic E-state index is 0.0777. The molecule has 3 heterocycles. The van der Waals surface area contributed by atoms with Crippen molar-refractivity contribution in [2.45, 2.75) is 31.9 Å². The van der Waals surface area contributed by atoms with Crippen LogP contribution in [0, 0.1) is 0 Å². The summed E-state index contributed by atoms with van der Waals surface area (Å²) in [6, 6.07) is 0.0777. The summed E-state index contributed by atoms with van der Waals surface area (Å²) in [5.74, 6) is 0.478. The lowest BCUT2D eigenvalue weighted by Crippen LogP contribution is -2.36. The highest BCUT2D eigenvalue weighted by Gasteiger charge is 2.23. The molecule has 1 saturated heterocycles. The van der Waals surface area contributed by atoms with Crippen LogP contribution in [-0.4, -0.2) is 37.9 Å². The highest BCUT2D eigenvalue weighted by atomic mass is 16.5. The van der Waals surface area contributed by atoms with Gasteiger partial charge in [-0.05, 0) is 19.8 Å². The van der Waals surface area contributed by atoms with Crippen molar-refractivity contribution in [3.05, 3.63) is 20.8 Å². The molecule has 2 aromatic rings. The van der Waals surface area contributed by atoms with E-state index in [1.807, 2.05) is 6.92 Å². The molecule has 0 spiro atoms. The molecule has 0 radical (unpaired) electrons. The van der Waals surface area contributed by atoms with E-state index in [1.165, 1.54) is 11.6 Å². The Balaban J connectivity index is 1.98. The molecule has 0 aliphatic carbocycles. The first-order valence-electron chi connectivity index (χ1n) is 7.03. The third-order valence-electron chi connectivity index (χ3n) is 3.98. The van der Waals surface area contributed by atoms with Crippen LogP contribution in [0.3, 0.4) is 0 Å². The Bertz CT molecular complexity index is 781. The fraction of sp³-hybridized carbons (Fsp3) is 0.615. The molecule has 0 bridgehead atoms. The molecule has 1 aliphatic rings. The van der Waals surface area contributed by atoms with Gasteiger partial charge in [0.2, 0.25) is 5.95 Å². The predicted octanol–water partition coefficient (Wildman–Crippen LogP) is -0.0603. The van der Waals surface area contributed by atoms with Gasteiger partial charge in [-0.1, -0.05) is 0 Å². The average Bonchev–Trinajstić information content (AvgIpc) is 3.12. The zero-order valence-corrected chi connectivity index (χ0v) is 12.3. The van der Waals surface area contributed by atoms with Gasteiger partial charge in [0.05, 0.1) is 12.1 Å². The molecule has 1 aliphatic heterocycles. The van der Waals surface area contributed by atoms with E-state index >= 15 is 0 Å². The molecular formula is C13H19N5O3. The number of nitrogens with zero attached hydrogens (tertiary/aromatic N) is 3. The van der Waals surface area contributed by atoms with Crippen molar-refractivity contribution in [1.29, 1.82) is 0 Å². The van der Waals surface area contributed by atoms with Gasteiger partial charge in [-0.15, -0.1) is 0 Å². The summed E-state index contributed by atoms with van der Waals surface area (Å²) in [6.45, 7) is 2.80. The number of hydrogen-bond acceptors (Lipinski definition) is 5. The standard InChI is InChI=1S/C13H19N5O3/c1-7(8-5-4-6-21-8)14-12-15-9-10(16-12)17(2)13(20)18(3)11(9)19/h7-8H,4-6H2,1-3H3,(H2,14,15,16). The fourth-order valence-corrected chi connectivity index (χ4v) is 2.70. The van der Waals surface area contributed by atoms with Crippen molar-refractivity contribution in [2.75, 3.05) is 11.9 Å². The third kappa shape index (κ3) is 2.25. The van der Waals surface area contributed by atoms with Crippen molar-refractivity contribution in [2.24, 2.45) is 14.1 Å². The molecule has 1 fully saturated rings. The third-order valence-corrected chi connectivity index (χ3v) is 3.98.